The molecule has 0 radical (unpaired) electrons. The topological polar surface area (TPSA) is 45.3 Å². The lowest BCUT2D eigenvalue weighted by Gasteiger charge is -2.38. The lowest BCUT2D eigenvalue weighted by molar-refractivity contribution is -0.129. The van der Waals surface area contributed by atoms with Gasteiger partial charge in [0.2, 0.25) is 5.91 Å². The highest BCUT2D eigenvalue weighted by Crippen LogP contribution is 2.40. The van der Waals surface area contributed by atoms with Crippen LogP contribution in [0.25, 0.3) is 0 Å². The Bertz CT molecular complexity index is 943. The van der Waals surface area contributed by atoms with Crippen molar-refractivity contribution >= 4 is 11.6 Å². The Labute approximate surface area is 197 Å². The molecule has 2 aromatic carbocycles. The van der Waals surface area contributed by atoms with Gasteiger partial charge >= 0.3 is 0 Å². The van der Waals surface area contributed by atoms with Gasteiger partial charge < -0.3 is 19.3 Å². The van der Waals surface area contributed by atoms with E-state index >= 15 is 0 Å². The summed E-state index contributed by atoms with van der Waals surface area (Å²) in [6.07, 6.45) is 2.74. The number of piperazine rings is 1. The average Bonchev–Trinajstić information content (AvgIpc) is 3.25. The molecule has 33 heavy (non-hydrogen) atoms. The van der Waals surface area contributed by atoms with Crippen LogP contribution in [-0.2, 0) is 4.79 Å². The average molecular weight is 450 g/mol. The lowest BCUT2D eigenvalue weighted by atomic mass is 9.86. The summed E-state index contributed by atoms with van der Waals surface area (Å²) in [4.78, 5) is 19.5. The number of likely N-dealkylation sites (N-methyl/N-ethyl adjacent to an activating group) is 1. The molecule has 0 N–H and O–H groups in total. The van der Waals surface area contributed by atoms with Gasteiger partial charge in [0.1, 0.15) is 13.2 Å². The first kappa shape index (κ1) is 22.1. The van der Waals surface area contributed by atoms with Crippen molar-refractivity contribution in [2.75, 3.05) is 57.4 Å². The van der Waals surface area contributed by atoms with Gasteiger partial charge in [-0.1, -0.05) is 36.4 Å². The summed E-state index contributed by atoms with van der Waals surface area (Å²) in [7, 11) is 0. The van der Waals surface area contributed by atoms with Gasteiger partial charge in [0.05, 0.1) is 5.69 Å². The minimum Gasteiger partial charge on any atom is -0.486 e. The molecule has 176 valence electrons. The standard InChI is InChI=1S/C27H35N3O3/c1-2-30-23(11-12-26(30)31)22(21-7-4-3-5-8-21)13-14-28-15-17-29(18-16-28)24-9-6-10-25-27(24)33-20-19-32-25/h3-10,22-23H,2,11-20H2,1H3. The summed E-state index contributed by atoms with van der Waals surface area (Å²) in [5, 5.41) is 0. The zero-order valence-corrected chi connectivity index (χ0v) is 19.6. The molecule has 6 nitrogen and oxygen atoms in total. The van der Waals surface area contributed by atoms with Gasteiger partial charge in [-0.25, -0.2) is 0 Å². The maximum Gasteiger partial charge on any atom is 0.222 e. The predicted molar refractivity (Wildman–Crippen MR) is 130 cm³/mol. The van der Waals surface area contributed by atoms with Crippen molar-refractivity contribution in [1.82, 2.24) is 9.80 Å². The number of carbonyl (C=O) groups is 1. The first-order chi connectivity index (χ1) is 16.2. The highest BCUT2D eigenvalue weighted by molar-refractivity contribution is 5.79. The highest BCUT2D eigenvalue weighted by Gasteiger charge is 2.36. The van der Waals surface area contributed by atoms with Crippen LogP contribution < -0.4 is 14.4 Å². The molecule has 2 saturated heterocycles. The van der Waals surface area contributed by atoms with Gasteiger partial charge in [0.25, 0.3) is 0 Å². The van der Waals surface area contributed by atoms with Crippen LogP contribution in [0.4, 0.5) is 5.69 Å². The molecule has 2 aromatic rings. The molecule has 2 fully saturated rings. The Kier molecular flexibility index (Phi) is 6.72. The zero-order valence-electron chi connectivity index (χ0n) is 19.6. The molecule has 0 spiro atoms. The second-order valence-corrected chi connectivity index (χ2v) is 9.22. The molecule has 2 atom stereocenters. The number of benzene rings is 2. The summed E-state index contributed by atoms with van der Waals surface area (Å²) < 4.78 is 11.7. The molecule has 6 heteroatoms. The summed E-state index contributed by atoms with van der Waals surface area (Å²) >= 11 is 0. The first-order valence-electron chi connectivity index (χ1n) is 12.4. The van der Waals surface area contributed by atoms with E-state index in [2.05, 4.69) is 64.1 Å². The third-order valence-electron chi connectivity index (χ3n) is 7.42. The molecule has 0 saturated carbocycles. The number of fused-ring (bicyclic) bond motifs is 1. The van der Waals surface area contributed by atoms with Gasteiger partial charge in [0, 0.05) is 51.1 Å². The van der Waals surface area contributed by atoms with Crippen LogP contribution in [0.1, 0.15) is 37.7 Å². The Morgan fingerprint density at radius 2 is 1.76 bits per heavy atom. The number of anilines is 1. The fourth-order valence-corrected chi connectivity index (χ4v) is 5.71. The number of carbonyl (C=O) groups excluding carboxylic acids is 1. The maximum absolute atomic E-state index is 12.4. The Hall–Kier alpha value is -2.73. The normalized spacial score (nSPS) is 22.0. The molecule has 0 bridgehead atoms. The minimum atomic E-state index is 0.314. The molecule has 5 rings (SSSR count). The molecule has 1 amide bonds. The van der Waals surface area contributed by atoms with E-state index in [0.29, 0.717) is 37.5 Å². The van der Waals surface area contributed by atoms with Gasteiger partial charge in [0.15, 0.2) is 11.5 Å². The molecule has 3 heterocycles. The van der Waals surface area contributed by atoms with Crippen molar-refractivity contribution in [3.8, 4) is 11.5 Å². The molecule has 0 aliphatic carbocycles. The Balaban J connectivity index is 1.22. The van der Waals surface area contributed by atoms with Gasteiger partial charge in [-0.05, 0) is 44.0 Å². The van der Waals surface area contributed by atoms with E-state index in [1.54, 1.807) is 0 Å². The number of hydrogen-bond acceptors (Lipinski definition) is 5. The van der Waals surface area contributed by atoms with E-state index in [1.807, 2.05) is 6.07 Å². The number of para-hydroxylation sites is 1. The smallest absolute Gasteiger partial charge is 0.222 e. The largest absolute Gasteiger partial charge is 0.486 e. The van der Waals surface area contributed by atoms with Crippen LogP contribution in [0.3, 0.4) is 0 Å². The number of amides is 1. The van der Waals surface area contributed by atoms with Crippen molar-refractivity contribution in [2.45, 2.75) is 38.1 Å². The summed E-state index contributed by atoms with van der Waals surface area (Å²) in [6.45, 7) is 9.24. The van der Waals surface area contributed by atoms with Crippen molar-refractivity contribution < 1.29 is 14.3 Å². The number of nitrogens with zero attached hydrogens (tertiary/aromatic N) is 3. The molecular weight excluding hydrogens is 414 g/mol. The van der Waals surface area contributed by atoms with Crippen molar-refractivity contribution in [3.05, 3.63) is 54.1 Å². The van der Waals surface area contributed by atoms with E-state index in [-0.39, 0.29) is 0 Å². The molecule has 3 aliphatic rings. The summed E-state index contributed by atoms with van der Waals surface area (Å²) in [5.41, 5.74) is 2.51. The van der Waals surface area contributed by atoms with E-state index < -0.39 is 0 Å². The molecular formula is C27H35N3O3. The minimum absolute atomic E-state index is 0.314. The SMILES string of the molecule is CCN1C(=O)CCC1C(CCN1CCN(c2cccc3c2OCCO3)CC1)c1ccccc1. The van der Waals surface area contributed by atoms with Crippen molar-refractivity contribution in [1.29, 1.82) is 0 Å². The van der Waals surface area contributed by atoms with E-state index in [4.69, 9.17) is 9.47 Å². The van der Waals surface area contributed by atoms with Crippen molar-refractivity contribution in [3.63, 3.8) is 0 Å². The van der Waals surface area contributed by atoms with Crippen LogP contribution in [0.15, 0.2) is 48.5 Å². The van der Waals surface area contributed by atoms with Gasteiger partial charge in [-0.2, -0.15) is 0 Å². The van der Waals surface area contributed by atoms with Crippen LogP contribution >= 0.6 is 0 Å². The second kappa shape index (κ2) is 10.0. The monoisotopic (exact) mass is 449 g/mol. The van der Waals surface area contributed by atoms with Crippen molar-refractivity contribution in [2.24, 2.45) is 0 Å². The fraction of sp³-hybridized carbons (Fsp3) is 0.519. The first-order valence-corrected chi connectivity index (χ1v) is 12.4. The van der Waals surface area contributed by atoms with E-state index in [9.17, 15) is 4.79 Å². The number of hydrogen-bond donors (Lipinski definition) is 0. The third kappa shape index (κ3) is 4.67. The summed E-state index contributed by atoms with van der Waals surface area (Å²) in [6, 6.07) is 17.3. The maximum atomic E-state index is 12.4. The second-order valence-electron chi connectivity index (χ2n) is 9.22. The fourth-order valence-electron chi connectivity index (χ4n) is 5.71. The number of likely N-dealkylation sites (tertiary alicyclic amines) is 1. The molecule has 0 aromatic heterocycles. The number of ether oxygens (including phenoxy) is 2. The Morgan fingerprint density at radius 1 is 0.970 bits per heavy atom. The van der Waals surface area contributed by atoms with E-state index in [1.165, 1.54) is 5.56 Å². The quantitative estimate of drug-likeness (QED) is 0.644. The summed E-state index contributed by atoms with van der Waals surface area (Å²) in [5.74, 6) is 2.46. The number of rotatable bonds is 7. The molecule has 3 aliphatic heterocycles. The van der Waals surface area contributed by atoms with Gasteiger partial charge in [-0.15, -0.1) is 0 Å². The lowest BCUT2D eigenvalue weighted by Crippen LogP contribution is -2.47. The van der Waals surface area contributed by atoms with Gasteiger partial charge in [-0.3, -0.25) is 9.69 Å². The predicted octanol–water partition coefficient (Wildman–Crippen LogP) is 3.76. The highest BCUT2D eigenvalue weighted by atomic mass is 16.6. The van der Waals surface area contributed by atoms with Crippen LogP contribution in [0, 0.1) is 0 Å². The Morgan fingerprint density at radius 3 is 2.55 bits per heavy atom. The zero-order chi connectivity index (χ0) is 22.6. The van der Waals surface area contributed by atoms with Crippen LogP contribution in [0.2, 0.25) is 0 Å². The third-order valence-corrected chi connectivity index (χ3v) is 7.42. The van der Waals surface area contributed by atoms with Crippen LogP contribution in [0.5, 0.6) is 11.5 Å². The molecule has 2 unspecified atom stereocenters. The van der Waals surface area contributed by atoms with Crippen LogP contribution in [-0.4, -0.2) is 74.2 Å². The van der Waals surface area contributed by atoms with E-state index in [0.717, 1.165) is 69.3 Å².